The van der Waals surface area contributed by atoms with Gasteiger partial charge in [-0.25, -0.2) is 13.4 Å². The Hall–Kier alpha value is -2.38. The predicted molar refractivity (Wildman–Crippen MR) is 95.0 cm³/mol. The number of nitrogens with one attached hydrogen (secondary N) is 1. The van der Waals surface area contributed by atoms with Crippen molar-refractivity contribution >= 4 is 21.1 Å². The largest absolute Gasteiger partial charge is 0.497 e. The molecular weight excluding hydrogens is 338 g/mol. The van der Waals surface area contributed by atoms with Gasteiger partial charge in [0.25, 0.3) is 0 Å². The number of fused-ring (bicyclic) bond motifs is 1. The summed E-state index contributed by atoms with van der Waals surface area (Å²) >= 11 is 0. The molecule has 1 aliphatic rings. The van der Waals surface area contributed by atoms with Crippen molar-refractivity contribution in [2.75, 3.05) is 13.7 Å². The van der Waals surface area contributed by atoms with Gasteiger partial charge in [0.1, 0.15) is 11.6 Å². The van der Waals surface area contributed by atoms with Crippen LogP contribution in [0.15, 0.2) is 53.4 Å². The summed E-state index contributed by atoms with van der Waals surface area (Å²) in [5, 5.41) is 0. The summed E-state index contributed by atoms with van der Waals surface area (Å²) in [7, 11) is -2.02. The van der Waals surface area contributed by atoms with Crippen molar-refractivity contribution < 1.29 is 13.2 Å². The lowest BCUT2D eigenvalue weighted by molar-refractivity contribution is 0.385. The summed E-state index contributed by atoms with van der Waals surface area (Å²) in [6.07, 6.45) is 1.58. The van der Waals surface area contributed by atoms with Crippen LogP contribution in [0.1, 0.15) is 24.7 Å². The minimum Gasteiger partial charge on any atom is -0.497 e. The fourth-order valence-corrected chi connectivity index (χ4v) is 4.98. The number of nitrogens with zero attached hydrogens (tertiary/aromatic N) is 2. The van der Waals surface area contributed by atoms with Crippen LogP contribution in [-0.2, 0) is 10.0 Å². The molecule has 1 aliphatic heterocycles. The number of hydrogen-bond acceptors (Lipinski definition) is 4. The number of H-pyrrole nitrogens is 1. The van der Waals surface area contributed by atoms with Crippen LogP contribution in [0.5, 0.6) is 5.75 Å². The molecule has 1 fully saturated rings. The summed E-state index contributed by atoms with van der Waals surface area (Å²) in [5.41, 5.74) is 1.78. The quantitative estimate of drug-likeness (QED) is 0.778. The summed E-state index contributed by atoms with van der Waals surface area (Å²) in [4.78, 5) is 8.14. The highest BCUT2D eigenvalue weighted by atomic mass is 32.2. The van der Waals surface area contributed by atoms with E-state index in [0.717, 1.165) is 23.9 Å². The molecule has 0 aliphatic carbocycles. The van der Waals surface area contributed by atoms with Crippen LogP contribution in [-0.4, -0.2) is 36.3 Å². The van der Waals surface area contributed by atoms with Crippen molar-refractivity contribution in [3.05, 3.63) is 54.4 Å². The lowest BCUT2D eigenvalue weighted by atomic mass is 10.2. The summed E-state index contributed by atoms with van der Waals surface area (Å²) in [6, 6.07) is 14.0. The van der Waals surface area contributed by atoms with Gasteiger partial charge in [-0.1, -0.05) is 12.1 Å². The Morgan fingerprint density at radius 1 is 1.16 bits per heavy atom. The summed E-state index contributed by atoms with van der Waals surface area (Å²) in [6.45, 7) is 0.496. The second-order valence-corrected chi connectivity index (χ2v) is 7.98. The molecule has 0 saturated carbocycles. The number of rotatable bonds is 4. The van der Waals surface area contributed by atoms with Crippen LogP contribution in [0.3, 0.4) is 0 Å². The maximum absolute atomic E-state index is 13.1. The van der Waals surface area contributed by atoms with E-state index >= 15 is 0 Å². The average molecular weight is 357 g/mol. The molecule has 1 unspecified atom stereocenters. The monoisotopic (exact) mass is 357 g/mol. The zero-order chi connectivity index (χ0) is 17.4. The maximum Gasteiger partial charge on any atom is 0.243 e. The number of para-hydroxylation sites is 2. The number of imidazole rings is 1. The molecule has 130 valence electrons. The van der Waals surface area contributed by atoms with Gasteiger partial charge in [0, 0.05) is 6.54 Å². The molecule has 1 atom stereocenters. The Balaban J connectivity index is 1.70. The van der Waals surface area contributed by atoms with Gasteiger partial charge in [0.2, 0.25) is 10.0 Å². The van der Waals surface area contributed by atoms with Crippen LogP contribution >= 0.6 is 0 Å². The van der Waals surface area contributed by atoms with Crippen molar-refractivity contribution in [2.45, 2.75) is 23.8 Å². The van der Waals surface area contributed by atoms with E-state index in [1.807, 2.05) is 24.3 Å². The molecule has 0 amide bonds. The second-order valence-electron chi connectivity index (χ2n) is 6.09. The minimum atomic E-state index is -3.58. The van der Waals surface area contributed by atoms with Gasteiger partial charge in [-0.3, -0.25) is 0 Å². The standard InChI is InChI=1S/C18H19N3O3S/c1-24-13-8-10-14(11-9-13)25(22,23)21-12-4-7-17(21)18-19-15-5-2-3-6-16(15)20-18/h2-3,5-6,8-11,17H,4,7,12H2,1H3,(H,19,20). The molecule has 0 bridgehead atoms. The highest BCUT2D eigenvalue weighted by Gasteiger charge is 2.37. The number of sulfonamides is 1. The molecule has 2 heterocycles. The first kappa shape index (κ1) is 16.1. The highest BCUT2D eigenvalue weighted by Crippen LogP contribution is 2.36. The van der Waals surface area contributed by atoms with Gasteiger partial charge in [-0.15, -0.1) is 0 Å². The molecule has 25 heavy (non-hydrogen) atoms. The summed E-state index contributed by atoms with van der Waals surface area (Å²) < 4.78 is 32.8. The molecule has 0 radical (unpaired) electrons. The Bertz CT molecular complexity index is 963. The molecule has 7 heteroatoms. The molecule has 0 spiro atoms. The Labute approximate surface area is 146 Å². The first-order valence-corrected chi connectivity index (χ1v) is 9.64. The topological polar surface area (TPSA) is 75.3 Å². The van der Waals surface area contributed by atoms with Crippen molar-refractivity contribution in [1.29, 1.82) is 0 Å². The van der Waals surface area contributed by atoms with Crippen LogP contribution in [0, 0.1) is 0 Å². The average Bonchev–Trinajstić information content (AvgIpc) is 3.28. The zero-order valence-electron chi connectivity index (χ0n) is 13.8. The SMILES string of the molecule is COc1ccc(S(=O)(=O)N2CCCC2c2nc3ccccc3[nH]2)cc1. The molecule has 4 rings (SSSR count). The normalized spacial score (nSPS) is 18.7. The smallest absolute Gasteiger partial charge is 0.243 e. The van der Waals surface area contributed by atoms with Gasteiger partial charge >= 0.3 is 0 Å². The van der Waals surface area contributed by atoms with E-state index in [1.54, 1.807) is 35.7 Å². The third-order valence-electron chi connectivity index (χ3n) is 4.59. The van der Waals surface area contributed by atoms with Crippen LogP contribution in [0.2, 0.25) is 0 Å². The number of aromatic amines is 1. The lowest BCUT2D eigenvalue weighted by Crippen LogP contribution is -2.31. The fourth-order valence-electron chi connectivity index (χ4n) is 3.31. The van der Waals surface area contributed by atoms with Crippen LogP contribution < -0.4 is 4.74 Å². The van der Waals surface area contributed by atoms with Gasteiger partial charge in [-0.2, -0.15) is 4.31 Å². The number of benzene rings is 2. The minimum absolute atomic E-state index is 0.264. The van der Waals surface area contributed by atoms with Gasteiger partial charge < -0.3 is 9.72 Å². The van der Waals surface area contributed by atoms with Gasteiger partial charge in [-0.05, 0) is 49.2 Å². The number of aromatic nitrogens is 2. The van der Waals surface area contributed by atoms with Crippen LogP contribution in [0.4, 0.5) is 0 Å². The van der Waals surface area contributed by atoms with E-state index in [4.69, 9.17) is 4.74 Å². The van der Waals surface area contributed by atoms with Crippen molar-refractivity contribution in [3.8, 4) is 5.75 Å². The first-order valence-electron chi connectivity index (χ1n) is 8.20. The molecule has 6 nitrogen and oxygen atoms in total. The van der Waals surface area contributed by atoms with E-state index in [-0.39, 0.29) is 10.9 Å². The molecular formula is C18H19N3O3S. The van der Waals surface area contributed by atoms with Crippen molar-refractivity contribution in [3.63, 3.8) is 0 Å². The molecule has 1 aromatic heterocycles. The molecule has 1 saturated heterocycles. The maximum atomic E-state index is 13.1. The lowest BCUT2D eigenvalue weighted by Gasteiger charge is -2.22. The van der Waals surface area contributed by atoms with E-state index in [1.165, 1.54) is 0 Å². The number of hydrogen-bond donors (Lipinski definition) is 1. The Kier molecular flexibility index (Phi) is 3.97. The van der Waals surface area contributed by atoms with Crippen molar-refractivity contribution in [1.82, 2.24) is 14.3 Å². The molecule has 1 N–H and O–H groups in total. The third-order valence-corrected chi connectivity index (χ3v) is 6.52. The van der Waals surface area contributed by atoms with Gasteiger partial charge in [0.15, 0.2) is 0 Å². The Morgan fingerprint density at radius 2 is 1.92 bits per heavy atom. The number of ether oxygens (including phenoxy) is 1. The Morgan fingerprint density at radius 3 is 2.64 bits per heavy atom. The third kappa shape index (κ3) is 2.79. The van der Waals surface area contributed by atoms with Crippen LogP contribution in [0.25, 0.3) is 11.0 Å². The van der Waals surface area contributed by atoms with Gasteiger partial charge in [0.05, 0.1) is 29.1 Å². The van der Waals surface area contributed by atoms with E-state index in [2.05, 4.69) is 9.97 Å². The van der Waals surface area contributed by atoms with Crippen molar-refractivity contribution in [2.24, 2.45) is 0 Å². The molecule has 2 aromatic carbocycles. The van der Waals surface area contributed by atoms with E-state index < -0.39 is 10.0 Å². The zero-order valence-corrected chi connectivity index (χ0v) is 14.7. The first-order chi connectivity index (χ1) is 12.1. The second kappa shape index (κ2) is 6.16. The van der Waals surface area contributed by atoms with E-state index in [0.29, 0.717) is 18.1 Å². The molecule has 3 aromatic rings. The highest BCUT2D eigenvalue weighted by molar-refractivity contribution is 7.89. The fraction of sp³-hybridized carbons (Fsp3) is 0.278. The summed E-state index contributed by atoms with van der Waals surface area (Å²) in [5.74, 6) is 1.34. The van der Waals surface area contributed by atoms with E-state index in [9.17, 15) is 8.42 Å². The predicted octanol–water partition coefficient (Wildman–Crippen LogP) is 3.10. The number of methoxy groups -OCH3 is 1.